The van der Waals surface area contributed by atoms with Crippen molar-refractivity contribution in [3.8, 4) is 17.0 Å². The number of carbonyl (C=O) groups is 2. The van der Waals surface area contributed by atoms with E-state index < -0.39 is 6.10 Å². The number of aromatic nitrogens is 1. The van der Waals surface area contributed by atoms with Crippen LogP contribution in [0.2, 0.25) is 0 Å². The minimum atomic E-state index is -0.655. The highest BCUT2D eigenvalue weighted by molar-refractivity contribution is 7.09. The molecule has 2 aromatic carbocycles. The number of nitrogens with one attached hydrogen (secondary N) is 1. The van der Waals surface area contributed by atoms with Gasteiger partial charge in [0.2, 0.25) is 5.91 Å². The van der Waals surface area contributed by atoms with E-state index in [1.165, 1.54) is 4.90 Å². The molecule has 6 nitrogen and oxygen atoms in total. The van der Waals surface area contributed by atoms with Crippen LogP contribution in [0.15, 0.2) is 41.8 Å². The molecule has 0 spiro atoms. The normalized spacial score (nSPS) is 15.3. The molecule has 4 rings (SSSR count). The van der Waals surface area contributed by atoms with Crippen molar-refractivity contribution in [2.24, 2.45) is 0 Å². The van der Waals surface area contributed by atoms with Gasteiger partial charge in [-0.05, 0) is 75.1 Å². The fourth-order valence-corrected chi connectivity index (χ4v) is 4.80. The van der Waals surface area contributed by atoms with Crippen molar-refractivity contribution in [3.63, 3.8) is 0 Å². The van der Waals surface area contributed by atoms with Crippen molar-refractivity contribution in [1.29, 1.82) is 0 Å². The summed E-state index contributed by atoms with van der Waals surface area (Å²) in [4.78, 5) is 32.0. The maximum atomic E-state index is 12.9. The molecule has 2 heterocycles. The summed E-state index contributed by atoms with van der Waals surface area (Å²) < 4.78 is 5.80. The third kappa shape index (κ3) is 4.67. The van der Waals surface area contributed by atoms with E-state index in [1.54, 1.807) is 18.3 Å². The van der Waals surface area contributed by atoms with Crippen LogP contribution in [0.4, 0.5) is 11.4 Å². The van der Waals surface area contributed by atoms with Crippen LogP contribution in [0.1, 0.15) is 36.4 Å². The lowest BCUT2D eigenvalue weighted by Gasteiger charge is -2.32. The van der Waals surface area contributed by atoms with Gasteiger partial charge in [0, 0.05) is 16.6 Å². The quantitative estimate of drug-likeness (QED) is 0.566. The molecule has 0 radical (unpaired) electrons. The molecule has 0 saturated carbocycles. The number of amides is 2. The first-order valence-corrected chi connectivity index (χ1v) is 11.7. The molecule has 0 fully saturated rings. The monoisotopic (exact) mass is 449 g/mol. The molecule has 1 aromatic heterocycles. The average molecular weight is 450 g/mol. The van der Waals surface area contributed by atoms with Gasteiger partial charge in [-0.25, -0.2) is 4.98 Å². The summed E-state index contributed by atoms with van der Waals surface area (Å²) in [5, 5.41) is 6.03. The van der Waals surface area contributed by atoms with E-state index in [0.29, 0.717) is 11.4 Å². The van der Waals surface area contributed by atoms with Crippen molar-refractivity contribution in [3.05, 3.63) is 57.9 Å². The summed E-state index contributed by atoms with van der Waals surface area (Å²) in [5.41, 5.74) is 5.21. The zero-order valence-electron chi connectivity index (χ0n) is 18.8. The largest absolute Gasteiger partial charge is 0.479 e. The molecule has 1 aliphatic rings. The van der Waals surface area contributed by atoms with E-state index in [1.807, 2.05) is 55.6 Å². The Morgan fingerprint density at radius 2 is 1.94 bits per heavy atom. The Hall–Kier alpha value is -3.19. The Bertz CT molecular complexity index is 1150. The molecular formula is C25H27N3O3S. The van der Waals surface area contributed by atoms with Crippen molar-refractivity contribution in [2.45, 2.75) is 46.6 Å². The second-order valence-corrected chi connectivity index (χ2v) is 9.11. The Balaban J connectivity index is 1.60. The number of thiazole rings is 1. The SMILES string of the molecule is CCCc1nc(-c2ccc3c(c2)N(CC(=O)Nc2cc(C)cc(C)c2)C(=O)C(C)O3)cs1. The lowest BCUT2D eigenvalue weighted by Crippen LogP contribution is -2.47. The number of hydrogen-bond donors (Lipinski definition) is 1. The Morgan fingerprint density at radius 3 is 2.66 bits per heavy atom. The maximum Gasteiger partial charge on any atom is 0.268 e. The highest BCUT2D eigenvalue weighted by Gasteiger charge is 2.33. The molecule has 7 heteroatoms. The van der Waals surface area contributed by atoms with Gasteiger partial charge in [0.1, 0.15) is 12.3 Å². The molecule has 32 heavy (non-hydrogen) atoms. The second-order valence-electron chi connectivity index (χ2n) is 8.17. The number of ether oxygens (including phenoxy) is 1. The van der Waals surface area contributed by atoms with Gasteiger partial charge >= 0.3 is 0 Å². The number of hydrogen-bond acceptors (Lipinski definition) is 5. The number of nitrogens with zero attached hydrogens (tertiary/aromatic N) is 2. The molecule has 1 N–H and O–H groups in total. The van der Waals surface area contributed by atoms with E-state index in [9.17, 15) is 9.59 Å². The standard InChI is InChI=1S/C25H27N3O3S/c1-5-6-24-27-20(14-32-24)18-7-8-22-21(12-18)28(25(30)17(4)31-22)13-23(29)26-19-10-15(2)9-16(3)11-19/h7-12,14,17H,5-6,13H2,1-4H3,(H,26,29). The zero-order valence-corrected chi connectivity index (χ0v) is 19.6. The lowest BCUT2D eigenvalue weighted by atomic mass is 10.1. The van der Waals surface area contributed by atoms with Crippen molar-refractivity contribution in [2.75, 3.05) is 16.8 Å². The first kappa shape index (κ1) is 22.0. The minimum absolute atomic E-state index is 0.0892. The zero-order chi connectivity index (χ0) is 22.8. The second kappa shape index (κ2) is 9.12. The van der Waals surface area contributed by atoms with Gasteiger partial charge in [-0.15, -0.1) is 11.3 Å². The summed E-state index contributed by atoms with van der Waals surface area (Å²) in [7, 11) is 0. The van der Waals surface area contributed by atoms with Crippen molar-refractivity contribution >= 4 is 34.5 Å². The highest BCUT2D eigenvalue weighted by atomic mass is 32.1. The fourth-order valence-electron chi connectivity index (χ4n) is 3.89. The van der Waals surface area contributed by atoms with Crippen LogP contribution in [0, 0.1) is 13.8 Å². The van der Waals surface area contributed by atoms with Crippen LogP contribution in [0.3, 0.4) is 0 Å². The molecule has 0 saturated heterocycles. The summed E-state index contributed by atoms with van der Waals surface area (Å²) in [6.07, 6.45) is 1.33. The summed E-state index contributed by atoms with van der Waals surface area (Å²) in [6.45, 7) is 7.71. The maximum absolute atomic E-state index is 12.9. The van der Waals surface area contributed by atoms with Crippen LogP contribution in [0.5, 0.6) is 5.75 Å². The van der Waals surface area contributed by atoms with Crippen molar-refractivity contribution < 1.29 is 14.3 Å². The first-order valence-electron chi connectivity index (χ1n) is 10.8. The van der Waals surface area contributed by atoms with E-state index in [4.69, 9.17) is 9.72 Å². The third-order valence-corrected chi connectivity index (χ3v) is 6.19. The summed E-state index contributed by atoms with van der Waals surface area (Å²) in [5.74, 6) is 0.0897. The number of carbonyl (C=O) groups excluding carboxylic acids is 2. The molecule has 1 atom stereocenters. The average Bonchev–Trinajstić information content (AvgIpc) is 3.19. The first-order chi connectivity index (χ1) is 15.3. The summed E-state index contributed by atoms with van der Waals surface area (Å²) in [6, 6.07) is 11.5. The van der Waals surface area contributed by atoms with E-state index in [0.717, 1.165) is 45.9 Å². The topological polar surface area (TPSA) is 71.5 Å². The molecule has 166 valence electrons. The lowest BCUT2D eigenvalue weighted by molar-refractivity contribution is -0.127. The van der Waals surface area contributed by atoms with Gasteiger partial charge in [-0.3, -0.25) is 14.5 Å². The highest BCUT2D eigenvalue weighted by Crippen LogP contribution is 2.37. The van der Waals surface area contributed by atoms with Crippen LogP contribution in [-0.4, -0.2) is 29.4 Å². The Kier molecular flexibility index (Phi) is 6.28. The van der Waals surface area contributed by atoms with Crippen LogP contribution in [0.25, 0.3) is 11.3 Å². The van der Waals surface area contributed by atoms with Crippen molar-refractivity contribution in [1.82, 2.24) is 4.98 Å². The molecule has 1 aliphatic heterocycles. The van der Waals surface area contributed by atoms with E-state index >= 15 is 0 Å². The molecule has 0 bridgehead atoms. The number of anilines is 2. The predicted molar refractivity (Wildman–Crippen MR) is 129 cm³/mol. The molecule has 0 aliphatic carbocycles. The number of rotatable bonds is 6. The van der Waals surface area contributed by atoms with Crippen LogP contribution < -0.4 is 15.0 Å². The van der Waals surface area contributed by atoms with Gasteiger partial charge in [0.15, 0.2) is 6.10 Å². The van der Waals surface area contributed by atoms with Gasteiger partial charge in [-0.2, -0.15) is 0 Å². The van der Waals surface area contributed by atoms with Gasteiger partial charge in [0.25, 0.3) is 5.91 Å². The van der Waals surface area contributed by atoms with Gasteiger partial charge in [0.05, 0.1) is 16.4 Å². The summed E-state index contributed by atoms with van der Waals surface area (Å²) >= 11 is 1.64. The predicted octanol–water partition coefficient (Wildman–Crippen LogP) is 5.13. The van der Waals surface area contributed by atoms with Gasteiger partial charge in [-0.1, -0.05) is 13.0 Å². The molecule has 3 aromatic rings. The smallest absolute Gasteiger partial charge is 0.268 e. The minimum Gasteiger partial charge on any atom is -0.479 e. The Labute approximate surface area is 192 Å². The van der Waals surface area contributed by atoms with Crippen LogP contribution in [-0.2, 0) is 16.0 Å². The van der Waals surface area contributed by atoms with Crippen LogP contribution >= 0.6 is 11.3 Å². The number of benzene rings is 2. The number of aryl methyl sites for hydroxylation is 3. The molecule has 1 unspecified atom stereocenters. The van der Waals surface area contributed by atoms with E-state index in [-0.39, 0.29) is 18.4 Å². The number of fused-ring (bicyclic) bond motifs is 1. The van der Waals surface area contributed by atoms with E-state index in [2.05, 4.69) is 12.2 Å². The molecule has 2 amide bonds. The molecular weight excluding hydrogens is 422 g/mol. The van der Waals surface area contributed by atoms with Gasteiger partial charge < -0.3 is 10.1 Å². The Morgan fingerprint density at radius 1 is 1.19 bits per heavy atom. The fraction of sp³-hybridized carbons (Fsp3) is 0.320. The third-order valence-electron chi connectivity index (χ3n) is 5.29.